The molecule has 0 aromatic heterocycles. The van der Waals surface area contributed by atoms with E-state index >= 15 is 0 Å². The average molecular weight is 398 g/mol. The van der Waals surface area contributed by atoms with Gasteiger partial charge in [0.2, 0.25) is 5.91 Å². The normalized spacial score (nSPS) is 13.3. The smallest absolute Gasteiger partial charge is 0.260 e. The first kappa shape index (κ1) is 20.7. The number of nitrogens with one attached hydrogen (secondary N) is 1. The molecule has 2 aromatic rings. The SMILES string of the molecule is COCCCN1Cc2cc(NC(=O)Cc3ccc(OC)cc3)ccc2OCC1=O. The molecule has 1 aliphatic rings. The predicted molar refractivity (Wildman–Crippen MR) is 109 cm³/mol. The molecule has 1 heterocycles. The zero-order chi connectivity index (χ0) is 20.6. The van der Waals surface area contributed by atoms with E-state index in [2.05, 4.69) is 5.32 Å². The summed E-state index contributed by atoms with van der Waals surface area (Å²) in [6.07, 6.45) is 1.02. The second-order valence-electron chi connectivity index (χ2n) is 6.85. The molecule has 0 atom stereocenters. The monoisotopic (exact) mass is 398 g/mol. The quantitative estimate of drug-likeness (QED) is 0.692. The van der Waals surface area contributed by atoms with Gasteiger partial charge in [0.05, 0.1) is 13.5 Å². The van der Waals surface area contributed by atoms with Crippen LogP contribution < -0.4 is 14.8 Å². The molecular weight excluding hydrogens is 372 g/mol. The number of methoxy groups -OCH3 is 2. The highest BCUT2D eigenvalue weighted by Gasteiger charge is 2.21. The topological polar surface area (TPSA) is 77.1 Å². The molecule has 0 aliphatic carbocycles. The summed E-state index contributed by atoms with van der Waals surface area (Å²) in [6.45, 7) is 1.66. The summed E-state index contributed by atoms with van der Waals surface area (Å²) < 4.78 is 15.8. The standard InChI is InChI=1S/C22H26N2O5/c1-27-11-3-10-24-14-17-13-18(6-9-20(17)29-15-22(24)26)23-21(25)12-16-4-7-19(28-2)8-5-16/h4-9,13H,3,10-12,14-15H2,1-2H3,(H,23,25). The van der Waals surface area contributed by atoms with E-state index < -0.39 is 0 Å². The molecule has 7 heteroatoms. The third-order valence-electron chi connectivity index (χ3n) is 4.71. The molecular formula is C22H26N2O5. The summed E-state index contributed by atoms with van der Waals surface area (Å²) in [5, 5.41) is 2.92. The fraction of sp³-hybridized carbons (Fsp3) is 0.364. The van der Waals surface area contributed by atoms with Crippen molar-refractivity contribution in [2.75, 3.05) is 39.3 Å². The molecule has 154 valence electrons. The van der Waals surface area contributed by atoms with Crippen molar-refractivity contribution in [1.29, 1.82) is 0 Å². The number of nitrogens with zero attached hydrogens (tertiary/aromatic N) is 1. The number of carbonyl (C=O) groups is 2. The number of amides is 2. The van der Waals surface area contributed by atoms with Crippen molar-refractivity contribution in [3.63, 3.8) is 0 Å². The van der Waals surface area contributed by atoms with Crippen LogP contribution in [0.4, 0.5) is 5.69 Å². The van der Waals surface area contributed by atoms with E-state index in [4.69, 9.17) is 14.2 Å². The predicted octanol–water partition coefficient (Wildman–Crippen LogP) is 2.63. The van der Waals surface area contributed by atoms with E-state index in [9.17, 15) is 9.59 Å². The number of hydrogen-bond donors (Lipinski definition) is 1. The molecule has 0 bridgehead atoms. The maximum absolute atomic E-state index is 12.4. The van der Waals surface area contributed by atoms with Gasteiger partial charge in [0.1, 0.15) is 11.5 Å². The third-order valence-corrected chi connectivity index (χ3v) is 4.71. The summed E-state index contributed by atoms with van der Waals surface area (Å²) in [5.41, 5.74) is 2.45. The van der Waals surface area contributed by atoms with Crippen molar-refractivity contribution in [2.24, 2.45) is 0 Å². The van der Waals surface area contributed by atoms with Gasteiger partial charge >= 0.3 is 0 Å². The number of anilines is 1. The Morgan fingerprint density at radius 1 is 1.17 bits per heavy atom. The van der Waals surface area contributed by atoms with E-state index in [1.54, 1.807) is 31.3 Å². The number of ether oxygens (including phenoxy) is 3. The Balaban J connectivity index is 1.65. The maximum atomic E-state index is 12.4. The molecule has 0 fully saturated rings. The zero-order valence-corrected chi connectivity index (χ0v) is 16.8. The van der Waals surface area contributed by atoms with Gasteiger partial charge in [-0.25, -0.2) is 0 Å². The molecule has 0 saturated heterocycles. The van der Waals surface area contributed by atoms with Crippen LogP contribution >= 0.6 is 0 Å². The van der Waals surface area contributed by atoms with E-state index in [1.165, 1.54) is 0 Å². The second kappa shape index (κ2) is 9.93. The van der Waals surface area contributed by atoms with Crippen LogP contribution in [0.2, 0.25) is 0 Å². The third kappa shape index (κ3) is 5.71. The summed E-state index contributed by atoms with van der Waals surface area (Å²) in [4.78, 5) is 26.4. The number of rotatable bonds is 8. The van der Waals surface area contributed by atoms with Gasteiger partial charge in [0, 0.05) is 38.1 Å². The van der Waals surface area contributed by atoms with Crippen molar-refractivity contribution in [2.45, 2.75) is 19.4 Å². The molecule has 29 heavy (non-hydrogen) atoms. The minimum atomic E-state index is -0.113. The Morgan fingerprint density at radius 2 is 1.97 bits per heavy atom. The van der Waals surface area contributed by atoms with Gasteiger partial charge in [0.15, 0.2) is 6.61 Å². The largest absolute Gasteiger partial charge is 0.497 e. The number of hydrogen-bond acceptors (Lipinski definition) is 5. The lowest BCUT2D eigenvalue weighted by molar-refractivity contribution is -0.133. The first-order chi connectivity index (χ1) is 14.1. The fourth-order valence-electron chi connectivity index (χ4n) is 3.18. The fourth-order valence-corrected chi connectivity index (χ4v) is 3.18. The molecule has 1 aliphatic heterocycles. The van der Waals surface area contributed by atoms with E-state index in [1.807, 2.05) is 30.3 Å². The minimum absolute atomic E-state index is 0.0170. The maximum Gasteiger partial charge on any atom is 0.260 e. The van der Waals surface area contributed by atoms with Gasteiger partial charge in [-0.1, -0.05) is 12.1 Å². The van der Waals surface area contributed by atoms with Gasteiger partial charge in [-0.15, -0.1) is 0 Å². The summed E-state index contributed by atoms with van der Waals surface area (Å²) in [5.74, 6) is 1.25. The lowest BCUT2D eigenvalue weighted by Crippen LogP contribution is -2.33. The zero-order valence-electron chi connectivity index (χ0n) is 16.8. The van der Waals surface area contributed by atoms with Gasteiger partial charge in [-0.3, -0.25) is 9.59 Å². The minimum Gasteiger partial charge on any atom is -0.497 e. The molecule has 0 unspecified atom stereocenters. The Morgan fingerprint density at radius 3 is 2.69 bits per heavy atom. The van der Waals surface area contributed by atoms with Crippen LogP contribution in [-0.4, -0.2) is 50.7 Å². The van der Waals surface area contributed by atoms with Gasteiger partial charge in [0.25, 0.3) is 5.91 Å². The lowest BCUT2D eigenvalue weighted by Gasteiger charge is -2.20. The highest BCUT2D eigenvalue weighted by Crippen LogP contribution is 2.27. The van der Waals surface area contributed by atoms with Crippen LogP contribution in [0, 0.1) is 0 Å². The average Bonchev–Trinajstić information content (AvgIpc) is 2.87. The second-order valence-corrected chi connectivity index (χ2v) is 6.85. The van der Waals surface area contributed by atoms with Crippen LogP contribution in [0.15, 0.2) is 42.5 Å². The van der Waals surface area contributed by atoms with E-state index in [0.717, 1.165) is 23.3 Å². The van der Waals surface area contributed by atoms with E-state index in [-0.39, 0.29) is 24.8 Å². The van der Waals surface area contributed by atoms with Crippen molar-refractivity contribution >= 4 is 17.5 Å². The first-order valence-corrected chi connectivity index (χ1v) is 9.54. The molecule has 0 saturated carbocycles. The first-order valence-electron chi connectivity index (χ1n) is 9.54. The molecule has 2 amide bonds. The lowest BCUT2D eigenvalue weighted by atomic mass is 10.1. The Kier molecular flexibility index (Phi) is 7.08. The Labute approximate surface area is 170 Å². The van der Waals surface area contributed by atoms with Crippen molar-refractivity contribution in [3.8, 4) is 11.5 Å². The van der Waals surface area contributed by atoms with Gasteiger partial charge in [-0.05, 0) is 42.3 Å². The van der Waals surface area contributed by atoms with Gasteiger partial charge < -0.3 is 24.4 Å². The molecule has 3 rings (SSSR count). The van der Waals surface area contributed by atoms with Crippen LogP contribution in [0.5, 0.6) is 11.5 Å². The molecule has 1 N–H and O–H groups in total. The molecule has 0 radical (unpaired) electrons. The van der Waals surface area contributed by atoms with Crippen LogP contribution in [0.3, 0.4) is 0 Å². The number of carbonyl (C=O) groups excluding carboxylic acids is 2. The Bertz CT molecular complexity index is 851. The van der Waals surface area contributed by atoms with Crippen molar-refractivity contribution < 1.29 is 23.8 Å². The number of benzene rings is 2. The number of fused-ring (bicyclic) bond motifs is 1. The highest BCUT2D eigenvalue weighted by atomic mass is 16.5. The summed E-state index contributed by atoms with van der Waals surface area (Å²) >= 11 is 0. The van der Waals surface area contributed by atoms with Crippen molar-refractivity contribution in [3.05, 3.63) is 53.6 Å². The Hall–Kier alpha value is -3.06. The van der Waals surface area contributed by atoms with Crippen LogP contribution in [0.1, 0.15) is 17.5 Å². The van der Waals surface area contributed by atoms with Crippen LogP contribution in [-0.2, 0) is 27.3 Å². The van der Waals surface area contributed by atoms with Gasteiger partial charge in [-0.2, -0.15) is 0 Å². The molecule has 7 nitrogen and oxygen atoms in total. The van der Waals surface area contributed by atoms with E-state index in [0.29, 0.717) is 31.1 Å². The molecule has 2 aromatic carbocycles. The summed E-state index contributed by atoms with van der Waals surface area (Å²) in [6, 6.07) is 12.8. The highest BCUT2D eigenvalue weighted by molar-refractivity contribution is 5.92. The van der Waals surface area contributed by atoms with Crippen LogP contribution in [0.25, 0.3) is 0 Å². The molecule has 0 spiro atoms. The van der Waals surface area contributed by atoms with Crippen molar-refractivity contribution in [1.82, 2.24) is 4.90 Å². The summed E-state index contributed by atoms with van der Waals surface area (Å²) in [7, 11) is 3.25.